The van der Waals surface area contributed by atoms with Crippen LogP contribution in [-0.4, -0.2) is 35.6 Å². The molecule has 0 spiro atoms. The first-order valence-electron chi connectivity index (χ1n) is 6.16. The van der Waals surface area contributed by atoms with Gasteiger partial charge in [-0.1, -0.05) is 11.6 Å². The van der Waals surface area contributed by atoms with E-state index in [2.05, 4.69) is 15.3 Å². The van der Waals surface area contributed by atoms with Gasteiger partial charge in [-0.25, -0.2) is 9.97 Å². The van der Waals surface area contributed by atoms with E-state index in [0.717, 1.165) is 0 Å². The number of nitrogens with one attached hydrogen (secondary N) is 1. The van der Waals surface area contributed by atoms with Gasteiger partial charge in [-0.15, -0.1) is 0 Å². The highest BCUT2D eigenvalue weighted by atomic mass is 35.5. The zero-order valence-corrected chi connectivity index (χ0v) is 11.5. The topological polar surface area (TPSA) is 90.1 Å². The van der Waals surface area contributed by atoms with Gasteiger partial charge >= 0.3 is 0 Å². The predicted molar refractivity (Wildman–Crippen MR) is 71.9 cm³/mol. The maximum absolute atomic E-state index is 12.4. The lowest BCUT2D eigenvalue weighted by atomic mass is 9.79. The van der Waals surface area contributed by atoms with Crippen LogP contribution in [-0.2, 0) is 9.53 Å². The van der Waals surface area contributed by atoms with Crippen LogP contribution >= 0.6 is 11.6 Å². The minimum atomic E-state index is -0.599. The second-order valence-electron chi connectivity index (χ2n) is 4.71. The Hall–Kier alpha value is -1.24. The Morgan fingerprint density at radius 3 is 2.79 bits per heavy atom. The number of carbonyl (C=O) groups excluding carboxylic acids is 1. The van der Waals surface area contributed by atoms with Gasteiger partial charge in [0.2, 0.25) is 11.9 Å². The number of nitrogens with zero attached hydrogens (tertiary/aromatic N) is 2. The second kappa shape index (κ2) is 5.81. The molecule has 1 aromatic heterocycles. The van der Waals surface area contributed by atoms with Crippen LogP contribution in [0.4, 0.5) is 5.95 Å². The minimum absolute atomic E-state index is 0.167. The van der Waals surface area contributed by atoms with Crippen molar-refractivity contribution in [2.75, 3.05) is 25.1 Å². The Morgan fingerprint density at radius 2 is 2.21 bits per heavy atom. The van der Waals surface area contributed by atoms with Gasteiger partial charge in [0.05, 0.1) is 5.41 Å². The Balaban J connectivity index is 2.14. The molecule has 19 heavy (non-hydrogen) atoms. The maximum atomic E-state index is 12.4. The summed E-state index contributed by atoms with van der Waals surface area (Å²) in [7, 11) is 0. The predicted octanol–water partition coefficient (Wildman–Crippen LogP) is 1.13. The molecule has 1 saturated heterocycles. The van der Waals surface area contributed by atoms with E-state index in [1.54, 1.807) is 13.0 Å². The van der Waals surface area contributed by atoms with E-state index >= 15 is 0 Å². The number of hydrogen-bond acceptors (Lipinski definition) is 5. The Kier molecular flexibility index (Phi) is 4.34. The van der Waals surface area contributed by atoms with Gasteiger partial charge in [-0.3, -0.25) is 10.1 Å². The van der Waals surface area contributed by atoms with Crippen molar-refractivity contribution in [1.29, 1.82) is 0 Å². The van der Waals surface area contributed by atoms with Gasteiger partial charge in [0, 0.05) is 25.5 Å². The lowest BCUT2D eigenvalue weighted by Gasteiger charge is -2.34. The molecule has 104 valence electrons. The van der Waals surface area contributed by atoms with E-state index in [-0.39, 0.29) is 18.4 Å². The van der Waals surface area contributed by atoms with Crippen LogP contribution in [0.5, 0.6) is 0 Å². The maximum Gasteiger partial charge on any atom is 0.234 e. The number of carbonyl (C=O) groups is 1. The van der Waals surface area contributed by atoms with Crippen LogP contribution in [0.15, 0.2) is 6.07 Å². The summed E-state index contributed by atoms with van der Waals surface area (Å²) in [6.45, 7) is 3.15. The number of hydrogen-bond donors (Lipinski definition) is 2. The summed E-state index contributed by atoms with van der Waals surface area (Å²) in [4.78, 5) is 20.5. The number of amides is 1. The molecule has 0 bridgehead atoms. The van der Waals surface area contributed by atoms with E-state index in [1.165, 1.54) is 0 Å². The van der Waals surface area contributed by atoms with Crippen molar-refractivity contribution in [1.82, 2.24) is 9.97 Å². The van der Waals surface area contributed by atoms with Crippen molar-refractivity contribution in [3.8, 4) is 0 Å². The van der Waals surface area contributed by atoms with Gasteiger partial charge in [-0.2, -0.15) is 0 Å². The van der Waals surface area contributed by atoms with E-state index < -0.39 is 5.41 Å². The van der Waals surface area contributed by atoms with Crippen molar-refractivity contribution in [2.24, 2.45) is 11.1 Å². The average Bonchev–Trinajstić information content (AvgIpc) is 2.38. The molecule has 1 aliphatic heterocycles. The number of rotatable bonds is 3. The molecule has 1 amide bonds. The SMILES string of the molecule is Cc1cc(Cl)nc(NC(=O)C2(CN)CCOCC2)n1. The summed E-state index contributed by atoms with van der Waals surface area (Å²) in [5.74, 6) is 0.0503. The molecule has 1 fully saturated rings. The molecular formula is C12H17ClN4O2. The van der Waals surface area contributed by atoms with Gasteiger partial charge in [-0.05, 0) is 25.8 Å². The van der Waals surface area contributed by atoms with Crippen LogP contribution < -0.4 is 11.1 Å². The quantitative estimate of drug-likeness (QED) is 0.812. The Bertz CT molecular complexity index is 455. The molecular weight excluding hydrogens is 268 g/mol. The highest BCUT2D eigenvalue weighted by Crippen LogP contribution is 2.30. The average molecular weight is 285 g/mol. The number of aryl methyl sites for hydroxylation is 1. The summed E-state index contributed by atoms with van der Waals surface area (Å²) >= 11 is 5.84. The molecule has 7 heteroatoms. The molecule has 0 aliphatic carbocycles. The lowest BCUT2D eigenvalue weighted by molar-refractivity contribution is -0.130. The third-order valence-corrected chi connectivity index (χ3v) is 3.56. The number of nitrogens with two attached hydrogens (primary N) is 1. The van der Waals surface area contributed by atoms with Crippen LogP contribution in [0.2, 0.25) is 5.15 Å². The molecule has 0 unspecified atom stereocenters. The monoisotopic (exact) mass is 284 g/mol. The van der Waals surface area contributed by atoms with Crippen molar-refractivity contribution in [2.45, 2.75) is 19.8 Å². The number of ether oxygens (including phenoxy) is 1. The first-order chi connectivity index (χ1) is 9.05. The zero-order valence-electron chi connectivity index (χ0n) is 10.8. The lowest BCUT2D eigenvalue weighted by Crippen LogP contribution is -2.46. The third kappa shape index (κ3) is 3.20. The summed E-state index contributed by atoms with van der Waals surface area (Å²) < 4.78 is 5.28. The fourth-order valence-corrected chi connectivity index (χ4v) is 2.34. The standard InChI is InChI=1S/C12H17ClN4O2/c1-8-6-9(13)16-11(15-8)17-10(18)12(7-14)2-4-19-5-3-12/h6H,2-5,7,14H2,1H3,(H,15,16,17,18). The molecule has 3 N–H and O–H groups in total. The molecule has 1 aromatic rings. The van der Waals surface area contributed by atoms with Gasteiger partial charge in [0.25, 0.3) is 0 Å². The van der Waals surface area contributed by atoms with Crippen LogP contribution in [0.25, 0.3) is 0 Å². The van der Waals surface area contributed by atoms with Crippen LogP contribution in [0, 0.1) is 12.3 Å². The highest BCUT2D eigenvalue weighted by molar-refractivity contribution is 6.29. The van der Waals surface area contributed by atoms with Crippen molar-refractivity contribution in [3.05, 3.63) is 16.9 Å². The number of aromatic nitrogens is 2. The highest BCUT2D eigenvalue weighted by Gasteiger charge is 2.39. The summed E-state index contributed by atoms with van der Waals surface area (Å²) in [5, 5.41) is 3.01. The van der Waals surface area contributed by atoms with E-state index in [9.17, 15) is 4.79 Å². The van der Waals surface area contributed by atoms with E-state index in [4.69, 9.17) is 22.1 Å². The fourth-order valence-electron chi connectivity index (χ4n) is 2.11. The van der Waals surface area contributed by atoms with E-state index in [0.29, 0.717) is 36.9 Å². The number of anilines is 1. The summed E-state index contributed by atoms with van der Waals surface area (Å²) in [6.07, 6.45) is 1.21. The van der Waals surface area contributed by atoms with Crippen molar-refractivity contribution < 1.29 is 9.53 Å². The zero-order chi connectivity index (χ0) is 13.9. The molecule has 0 atom stereocenters. The van der Waals surface area contributed by atoms with Crippen LogP contribution in [0.1, 0.15) is 18.5 Å². The first-order valence-corrected chi connectivity index (χ1v) is 6.54. The molecule has 2 heterocycles. The van der Waals surface area contributed by atoms with Crippen molar-refractivity contribution in [3.63, 3.8) is 0 Å². The summed E-state index contributed by atoms with van der Waals surface area (Å²) in [6, 6.07) is 1.63. The normalized spacial score (nSPS) is 18.1. The minimum Gasteiger partial charge on any atom is -0.381 e. The number of halogens is 1. The van der Waals surface area contributed by atoms with Gasteiger partial charge in [0.15, 0.2) is 0 Å². The van der Waals surface area contributed by atoms with Gasteiger partial charge in [0.1, 0.15) is 5.15 Å². The third-order valence-electron chi connectivity index (χ3n) is 3.37. The van der Waals surface area contributed by atoms with Crippen LogP contribution in [0.3, 0.4) is 0 Å². The summed E-state index contributed by atoms with van der Waals surface area (Å²) in [5.41, 5.74) is 5.87. The molecule has 0 aromatic carbocycles. The molecule has 1 aliphatic rings. The largest absolute Gasteiger partial charge is 0.381 e. The first kappa shape index (κ1) is 14.2. The molecule has 0 saturated carbocycles. The Morgan fingerprint density at radius 1 is 1.53 bits per heavy atom. The van der Waals surface area contributed by atoms with Crippen molar-refractivity contribution >= 4 is 23.5 Å². The Labute approximate surface area is 116 Å². The van der Waals surface area contributed by atoms with Gasteiger partial charge < -0.3 is 10.5 Å². The van der Waals surface area contributed by atoms with E-state index in [1.807, 2.05) is 0 Å². The smallest absolute Gasteiger partial charge is 0.234 e. The molecule has 0 radical (unpaired) electrons. The molecule has 6 nitrogen and oxygen atoms in total. The second-order valence-corrected chi connectivity index (χ2v) is 5.09. The molecule has 2 rings (SSSR count). The fraction of sp³-hybridized carbons (Fsp3) is 0.583.